The molecule has 1 aromatic rings. The third-order valence-corrected chi connectivity index (χ3v) is 3.85. The maximum absolute atomic E-state index is 12.9. The third-order valence-electron chi connectivity index (χ3n) is 3.85. The molecule has 4 nitrogen and oxygen atoms in total. The maximum atomic E-state index is 12.9. The standard InChI is InChI=1S/C17H24N2O2/c1-11(2)19-13(12-9-7-6-8-10-12)15(20)18-14(16(19)21)17(3,4)5/h6-11,13-14H,1-5H3,(H,18,20). The normalized spacial score (nSPS) is 23.4. The Morgan fingerprint density at radius 3 is 2.14 bits per heavy atom. The van der Waals surface area contributed by atoms with Gasteiger partial charge in [0, 0.05) is 6.04 Å². The van der Waals surface area contributed by atoms with Gasteiger partial charge in [-0.05, 0) is 24.8 Å². The number of amides is 2. The molecule has 0 radical (unpaired) electrons. The first kappa shape index (κ1) is 15.5. The van der Waals surface area contributed by atoms with Crippen molar-refractivity contribution in [1.82, 2.24) is 10.2 Å². The number of nitrogens with one attached hydrogen (secondary N) is 1. The first-order valence-electron chi connectivity index (χ1n) is 7.41. The van der Waals surface area contributed by atoms with E-state index in [0.29, 0.717) is 0 Å². The monoisotopic (exact) mass is 288 g/mol. The molecule has 1 aliphatic rings. The highest BCUT2D eigenvalue weighted by atomic mass is 16.2. The molecule has 0 aromatic heterocycles. The summed E-state index contributed by atoms with van der Waals surface area (Å²) in [7, 11) is 0. The van der Waals surface area contributed by atoms with E-state index < -0.39 is 12.1 Å². The van der Waals surface area contributed by atoms with Crippen molar-refractivity contribution in [3.8, 4) is 0 Å². The molecule has 0 spiro atoms. The zero-order valence-electron chi connectivity index (χ0n) is 13.4. The summed E-state index contributed by atoms with van der Waals surface area (Å²) in [6.45, 7) is 9.81. The Labute approximate surface area is 126 Å². The van der Waals surface area contributed by atoms with Gasteiger partial charge in [-0.25, -0.2) is 0 Å². The van der Waals surface area contributed by atoms with Gasteiger partial charge in [0.15, 0.2) is 0 Å². The van der Waals surface area contributed by atoms with Crippen LogP contribution in [0.3, 0.4) is 0 Å². The average molecular weight is 288 g/mol. The van der Waals surface area contributed by atoms with Crippen molar-refractivity contribution in [2.24, 2.45) is 5.41 Å². The summed E-state index contributed by atoms with van der Waals surface area (Å²) in [5.74, 6) is -0.111. The first-order chi connectivity index (χ1) is 9.73. The molecule has 1 N–H and O–H groups in total. The molecule has 1 aromatic carbocycles. The Bertz CT molecular complexity index is 531. The first-order valence-corrected chi connectivity index (χ1v) is 7.41. The van der Waals surface area contributed by atoms with E-state index in [1.807, 2.05) is 65.0 Å². The zero-order valence-corrected chi connectivity index (χ0v) is 13.4. The summed E-state index contributed by atoms with van der Waals surface area (Å²) in [6.07, 6.45) is 0. The smallest absolute Gasteiger partial charge is 0.248 e. The number of hydrogen-bond acceptors (Lipinski definition) is 2. The van der Waals surface area contributed by atoms with Gasteiger partial charge in [0.05, 0.1) is 0 Å². The van der Waals surface area contributed by atoms with Gasteiger partial charge in [-0.2, -0.15) is 0 Å². The van der Waals surface area contributed by atoms with Crippen molar-refractivity contribution >= 4 is 11.8 Å². The van der Waals surface area contributed by atoms with E-state index in [1.54, 1.807) is 4.90 Å². The molecular formula is C17H24N2O2. The summed E-state index contributed by atoms with van der Waals surface area (Å²) < 4.78 is 0. The molecule has 2 atom stereocenters. The Hall–Kier alpha value is -1.84. The van der Waals surface area contributed by atoms with Crippen LogP contribution in [0.5, 0.6) is 0 Å². The number of carbonyl (C=O) groups is 2. The van der Waals surface area contributed by atoms with E-state index in [-0.39, 0.29) is 23.3 Å². The predicted molar refractivity (Wildman–Crippen MR) is 82.6 cm³/mol. The summed E-state index contributed by atoms with van der Waals surface area (Å²) in [5.41, 5.74) is 0.547. The molecule has 1 heterocycles. The lowest BCUT2D eigenvalue weighted by molar-refractivity contribution is -0.155. The van der Waals surface area contributed by atoms with E-state index >= 15 is 0 Å². The second-order valence-corrected chi connectivity index (χ2v) is 6.96. The third kappa shape index (κ3) is 2.94. The highest BCUT2D eigenvalue weighted by molar-refractivity contribution is 5.98. The molecule has 2 rings (SSSR count). The van der Waals surface area contributed by atoms with E-state index in [4.69, 9.17) is 0 Å². The predicted octanol–water partition coefficient (Wildman–Crippen LogP) is 2.51. The van der Waals surface area contributed by atoms with Crippen LogP contribution in [0.15, 0.2) is 30.3 Å². The molecule has 2 amide bonds. The van der Waals surface area contributed by atoms with Gasteiger partial charge in [-0.3, -0.25) is 9.59 Å². The van der Waals surface area contributed by atoms with Crippen molar-refractivity contribution in [2.45, 2.75) is 52.7 Å². The SMILES string of the molecule is CC(C)N1C(=O)C(C(C)(C)C)NC(=O)C1c1ccccc1. The van der Waals surface area contributed by atoms with Crippen LogP contribution in [-0.4, -0.2) is 28.8 Å². The second kappa shape index (κ2) is 5.51. The fraction of sp³-hybridized carbons (Fsp3) is 0.529. The van der Waals surface area contributed by atoms with Crippen molar-refractivity contribution in [2.75, 3.05) is 0 Å². The Morgan fingerprint density at radius 2 is 1.67 bits per heavy atom. The molecule has 1 saturated heterocycles. The van der Waals surface area contributed by atoms with E-state index in [1.165, 1.54) is 0 Å². The van der Waals surface area contributed by atoms with Crippen molar-refractivity contribution in [3.05, 3.63) is 35.9 Å². The molecule has 1 fully saturated rings. The fourth-order valence-corrected chi connectivity index (χ4v) is 2.77. The molecule has 4 heteroatoms. The number of piperazine rings is 1. The highest BCUT2D eigenvalue weighted by Gasteiger charge is 2.46. The van der Waals surface area contributed by atoms with Crippen LogP contribution in [0.2, 0.25) is 0 Å². The second-order valence-electron chi connectivity index (χ2n) is 6.96. The van der Waals surface area contributed by atoms with Gasteiger partial charge >= 0.3 is 0 Å². The number of benzene rings is 1. The molecule has 21 heavy (non-hydrogen) atoms. The van der Waals surface area contributed by atoms with Crippen LogP contribution in [0.25, 0.3) is 0 Å². The number of nitrogens with zero attached hydrogens (tertiary/aromatic N) is 1. The van der Waals surface area contributed by atoms with E-state index in [9.17, 15) is 9.59 Å². The summed E-state index contributed by atoms with van der Waals surface area (Å²) in [6, 6.07) is 8.42. The summed E-state index contributed by atoms with van der Waals surface area (Å²) >= 11 is 0. The molecule has 0 bridgehead atoms. The van der Waals surface area contributed by atoms with Gasteiger partial charge in [-0.1, -0.05) is 51.1 Å². The van der Waals surface area contributed by atoms with Gasteiger partial charge in [0.2, 0.25) is 11.8 Å². The molecule has 0 saturated carbocycles. The lowest BCUT2D eigenvalue weighted by atomic mass is 9.83. The Balaban J connectivity index is 2.44. The Kier molecular flexibility index (Phi) is 4.08. The van der Waals surface area contributed by atoms with Crippen molar-refractivity contribution in [3.63, 3.8) is 0 Å². The summed E-state index contributed by atoms with van der Waals surface area (Å²) in [5, 5.41) is 2.91. The number of carbonyl (C=O) groups excluding carboxylic acids is 2. The maximum Gasteiger partial charge on any atom is 0.248 e. The molecule has 2 unspecified atom stereocenters. The Morgan fingerprint density at radius 1 is 1.10 bits per heavy atom. The van der Waals surface area contributed by atoms with Crippen LogP contribution in [0, 0.1) is 5.41 Å². The van der Waals surface area contributed by atoms with Crippen LogP contribution in [0.4, 0.5) is 0 Å². The quantitative estimate of drug-likeness (QED) is 0.909. The lowest BCUT2D eigenvalue weighted by Gasteiger charge is -2.45. The largest absolute Gasteiger partial charge is 0.342 e. The molecule has 0 aliphatic carbocycles. The van der Waals surface area contributed by atoms with Gasteiger partial charge in [0.1, 0.15) is 12.1 Å². The molecule has 114 valence electrons. The topological polar surface area (TPSA) is 49.4 Å². The van der Waals surface area contributed by atoms with Crippen LogP contribution in [0.1, 0.15) is 46.2 Å². The van der Waals surface area contributed by atoms with E-state index in [0.717, 1.165) is 5.56 Å². The minimum atomic E-state index is -0.544. The number of rotatable bonds is 2. The van der Waals surface area contributed by atoms with Gasteiger partial charge < -0.3 is 10.2 Å². The van der Waals surface area contributed by atoms with Gasteiger partial charge in [-0.15, -0.1) is 0 Å². The van der Waals surface area contributed by atoms with Crippen LogP contribution < -0.4 is 5.32 Å². The highest BCUT2D eigenvalue weighted by Crippen LogP contribution is 2.32. The minimum absolute atomic E-state index is 0.00838. The van der Waals surface area contributed by atoms with Crippen molar-refractivity contribution < 1.29 is 9.59 Å². The molecular weight excluding hydrogens is 264 g/mol. The van der Waals surface area contributed by atoms with Gasteiger partial charge in [0.25, 0.3) is 0 Å². The summed E-state index contributed by atoms with van der Waals surface area (Å²) in [4.78, 5) is 27.2. The van der Waals surface area contributed by atoms with E-state index in [2.05, 4.69) is 5.32 Å². The fourth-order valence-electron chi connectivity index (χ4n) is 2.77. The van der Waals surface area contributed by atoms with Crippen molar-refractivity contribution in [1.29, 1.82) is 0 Å². The van der Waals surface area contributed by atoms with Crippen LogP contribution >= 0.6 is 0 Å². The number of hydrogen-bond donors (Lipinski definition) is 1. The van der Waals surface area contributed by atoms with Crippen LogP contribution in [-0.2, 0) is 9.59 Å². The lowest BCUT2D eigenvalue weighted by Crippen LogP contribution is -2.64. The zero-order chi connectivity index (χ0) is 15.8. The molecule has 1 aliphatic heterocycles. The average Bonchev–Trinajstić information content (AvgIpc) is 2.39. The minimum Gasteiger partial charge on any atom is -0.342 e.